The summed E-state index contributed by atoms with van der Waals surface area (Å²) in [4.78, 5) is 26.8. The number of carbonyl (C=O) groups is 1. The number of anilines is 1. The summed E-state index contributed by atoms with van der Waals surface area (Å²) in [5.41, 5.74) is 0. The first kappa shape index (κ1) is 17.0. The lowest BCUT2D eigenvalue weighted by molar-refractivity contribution is -0.135. The molecule has 132 valence electrons. The van der Waals surface area contributed by atoms with Crippen LogP contribution in [0.25, 0.3) is 0 Å². The van der Waals surface area contributed by atoms with Gasteiger partial charge in [-0.15, -0.1) is 0 Å². The summed E-state index contributed by atoms with van der Waals surface area (Å²) in [6.07, 6.45) is 1.42. The molecule has 1 N–H and O–H groups in total. The molecule has 2 fully saturated rings. The van der Waals surface area contributed by atoms with Gasteiger partial charge in [-0.25, -0.2) is 4.98 Å². The third kappa shape index (κ3) is 3.81. The van der Waals surface area contributed by atoms with E-state index in [1.165, 1.54) is 12.3 Å². The first-order chi connectivity index (χ1) is 11.5. The normalized spacial score (nSPS) is 22.9. The van der Waals surface area contributed by atoms with Crippen molar-refractivity contribution in [1.82, 2.24) is 25.1 Å². The van der Waals surface area contributed by atoms with Crippen molar-refractivity contribution in [3.8, 4) is 0 Å². The summed E-state index contributed by atoms with van der Waals surface area (Å²) >= 11 is 0. The summed E-state index contributed by atoms with van der Waals surface area (Å²) in [7, 11) is 0. The Labute approximate surface area is 141 Å². The third-order valence-corrected chi connectivity index (χ3v) is 4.72. The molecule has 24 heavy (non-hydrogen) atoms. The van der Waals surface area contributed by atoms with E-state index in [0.29, 0.717) is 38.2 Å². The van der Waals surface area contributed by atoms with Gasteiger partial charge in [0.15, 0.2) is 0 Å². The van der Waals surface area contributed by atoms with E-state index >= 15 is 0 Å². The maximum Gasteiger partial charge on any atom is 0.241 e. The van der Waals surface area contributed by atoms with Gasteiger partial charge in [-0.1, -0.05) is 0 Å². The number of halogens is 1. The van der Waals surface area contributed by atoms with E-state index in [0.717, 1.165) is 19.6 Å². The van der Waals surface area contributed by atoms with Crippen molar-refractivity contribution in [2.45, 2.75) is 25.9 Å². The number of hydrogen-bond acceptors (Lipinski definition) is 6. The molecule has 2 aliphatic rings. The van der Waals surface area contributed by atoms with Crippen LogP contribution in [0.2, 0.25) is 0 Å². The molecule has 2 saturated heterocycles. The highest BCUT2D eigenvalue weighted by molar-refractivity contribution is 5.82. The molecule has 7 nitrogen and oxygen atoms in total. The number of carbonyl (C=O) groups excluding carboxylic acids is 1. The lowest BCUT2D eigenvalue weighted by atomic mass is 10.1. The Hall–Kier alpha value is -1.80. The van der Waals surface area contributed by atoms with Crippen LogP contribution in [0.5, 0.6) is 0 Å². The molecule has 8 heteroatoms. The summed E-state index contributed by atoms with van der Waals surface area (Å²) in [6, 6.07) is 1.54. The number of nitrogens with zero attached hydrogens (tertiary/aromatic N) is 5. The van der Waals surface area contributed by atoms with Crippen molar-refractivity contribution >= 4 is 11.9 Å². The van der Waals surface area contributed by atoms with E-state index in [-0.39, 0.29) is 11.9 Å². The van der Waals surface area contributed by atoms with Crippen molar-refractivity contribution in [3.05, 3.63) is 18.2 Å². The van der Waals surface area contributed by atoms with Crippen molar-refractivity contribution in [2.75, 3.05) is 50.7 Å². The van der Waals surface area contributed by atoms with Crippen LogP contribution >= 0.6 is 0 Å². The number of aromatic nitrogens is 2. The van der Waals surface area contributed by atoms with Crippen molar-refractivity contribution in [2.24, 2.45) is 0 Å². The molecule has 0 aliphatic carbocycles. The SMILES string of the molecule is CC(C)N1CCN[C@@H](C(=O)N2CCN(c3nccc(F)n3)CC2)C1. The maximum absolute atomic E-state index is 13.2. The van der Waals surface area contributed by atoms with Crippen LogP contribution in [-0.2, 0) is 4.79 Å². The number of hydrogen-bond donors (Lipinski definition) is 1. The molecule has 2 aliphatic heterocycles. The fourth-order valence-electron chi connectivity index (χ4n) is 3.23. The van der Waals surface area contributed by atoms with Crippen LogP contribution < -0.4 is 10.2 Å². The monoisotopic (exact) mass is 336 g/mol. The molecule has 1 amide bonds. The van der Waals surface area contributed by atoms with Crippen molar-refractivity contribution < 1.29 is 9.18 Å². The molecule has 3 heterocycles. The minimum atomic E-state index is -0.529. The van der Waals surface area contributed by atoms with Gasteiger partial charge in [0.1, 0.15) is 0 Å². The second-order valence-corrected chi connectivity index (χ2v) is 6.59. The van der Waals surface area contributed by atoms with Crippen molar-refractivity contribution in [1.29, 1.82) is 0 Å². The molecular formula is C16H25FN6O. The molecule has 0 aromatic carbocycles. The Bertz CT molecular complexity index is 575. The number of rotatable bonds is 3. The molecule has 0 unspecified atom stereocenters. The predicted molar refractivity (Wildman–Crippen MR) is 89.3 cm³/mol. The number of nitrogens with one attached hydrogen (secondary N) is 1. The first-order valence-corrected chi connectivity index (χ1v) is 8.54. The molecular weight excluding hydrogens is 311 g/mol. The lowest BCUT2D eigenvalue weighted by Crippen LogP contribution is -2.61. The topological polar surface area (TPSA) is 64.6 Å². The van der Waals surface area contributed by atoms with Gasteiger partial charge in [0.25, 0.3) is 0 Å². The molecule has 1 atom stereocenters. The lowest BCUT2D eigenvalue weighted by Gasteiger charge is -2.40. The zero-order valence-electron chi connectivity index (χ0n) is 14.3. The van der Waals surface area contributed by atoms with Gasteiger partial charge in [0, 0.05) is 64.1 Å². The van der Waals surface area contributed by atoms with E-state index in [1.54, 1.807) is 0 Å². The Morgan fingerprint density at radius 3 is 2.71 bits per heavy atom. The fraction of sp³-hybridized carbons (Fsp3) is 0.688. The number of piperazine rings is 2. The van der Waals surface area contributed by atoms with Crippen LogP contribution in [0.1, 0.15) is 13.8 Å². The van der Waals surface area contributed by atoms with Gasteiger partial charge in [0.05, 0.1) is 6.04 Å². The van der Waals surface area contributed by atoms with Crippen LogP contribution in [0, 0.1) is 5.95 Å². The fourth-order valence-corrected chi connectivity index (χ4v) is 3.23. The second kappa shape index (κ2) is 7.40. The highest BCUT2D eigenvalue weighted by Crippen LogP contribution is 2.13. The molecule has 3 rings (SSSR count). The molecule has 0 spiro atoms. The Balaban J connectivity index is 1.55. The first-order valence-electron chi connectivity index (χ1n) is 8.54. The molecule has 1 aromatic heterocycles. The molecule has 0 radical (unpaired) electrons. The highest BCUT2D eigenvalue weighted by Gasteiger charge is 2.31. The highest BCUT2D eigenvalue weighted by atomic mass is 19.1. The summed E-state index contributed by atoms with van der Waals surface area (Å²) in [6.45, 7) is 9.35. The summed E-state index contributed by atoms with van der Waals surface area (Å²) < 4.78 is 13.2. The quantitative estimate of drug-likeness (QED) is 0.781. The van der Waals surface area contributed by atoms with Gasteiger partial charge in [-0.3, -0.25) is 9.69 Å². The maximum atomic E-state index is 13.2. The van der Waals surface area contributed by atoms with Crippen molar-refractivity contribution in [3.63, 3.8) is 0 Å². The molecule has 0 saturated carbocycles. The zero-order valence-corrected chi connectivity index (χ0v) is 14.3. The average Bonchev–Trinajstić information content (AvgIpc) is 2.61. The standard InChI is InChI=1S/C16H25FN6O/c1-12(2)23-6-5-18-13(11-23)15(24)21-7-9-22(10-8-21)16-19-4-3-14(17)20-16/h3-4,12-13,18H,5-11H2,1-2H3/t13-/m1/s1. The second-order valence-electron chi connectivity index (χ2n) is 6.59. The third-order valence-electron chi connectivity index (χ3n) is 4.72. The van der Waals surface area contributed by atoms with E-state index in [2.05, 4.69) is 34.0 Å². The Kier molecular flexibility index (Phi) is 5.25. The van der Waals surface area contributed by atoms with Gasteiger partial charge in [-0.05, 0) is 13.8 Å². The van der Waals surface area contributed by atoms with E-state index in [9.17, 15) is 9.18 Å². The van der Waals surface area contributed by atoms with E-state index in [1.807, 2.05) is 9.80 Å². The minimum Gasteiger partial charge on any atom is -0.338 e. The van der Waals surface area contributed by atoms with Crippen LogP contribution in [-0.4, -0.2) is 83.6 Å². The van der Waals surface area contributed by atoms with E-state index in [4.69, 9.17) is 0 Å². The Morgan fingerprint density at radius 1 is 1.29 bits per heavy atom. The van der Waals surface area contributed by atoms with Gasteiger partial charge in [0.2, 0.25) is 17.8 Å². The predicted octanol–water partition coefficient (Wildman–Crippen LogP) is -0.0535. The average molecular weight is 336 g/mol. The van der Waals surface area contributed by atoms with Crippen LogP contribution in [0.3, 0.4) is 0 Å². The molecule has 1 aromatic rings. The number of amides is 1. The Morgan fingerprint density at radius 2 is 2.04 bits per heavy atom. The van der Waals surface area contributed by atoms with Crippen LogP contribution in [0.15, 0.2) is 12.3 Å². The van der Waals surface area contributed by atoms with Crippen LogP contribution in [0.4, 0.5) is 10.3 Å². The van der Waals surface area contributed by atoms with E-state index < -0.39 is 5.95 Å². The molecule has 0 bridgehead atoms. The largest absolute Gasteiger partial charge is 0.338 e. The summed E-state index contributed by atoms with van der Waals surface area (Å²) in [5, 5.41) is 3.33. The van der Waals surface area contributed by atoms with Gasteiger partial charge < -0.3 is 15.1 Å². The minimum absolute atomic E-state index is 0.141. The van der Waals surface area contributed by atoms with Gasteiger partial charge in [-0.2, -0.15) is 9.37 Å². The smallest absolute Gasteiger partial charge is 0.241 e. The zero-order chi connectivity index (χ0) is 17.1. The van der Waals surface area contributed by atoms with Gasteiger partial charge >= 0.3 is 0 Å². The summed E-state index contributed by atoms with van der Waals surface area (Å²) in [5.74, 6) is 0.0164.